The number of aliphatic imine (C=N–C) groups is 1. The van der Waals surface area contributed by atoms with Crippen LogP contribution < -0.4 is 19.5 Å². The van der Waals surface area contributed by atoms with Gasteiger partial charge in [0.05, 0.1) is 6.61 Å². The van der Waals surface area contributed by atoms with Crippen molar-refractivity contribution in [2.45, 2.75) is 31.0 Å². The lowest BCUT2D eigenvalue weighted by Crippen LogP contribution is -2.49. The molecule has 0 radical (unpaired) electrons. The highest BCUT2D eigenvalue weighted by Gasteiger charge is 2.53. The molecule has 0 aromatic heterocycles. The highest BCUT2D eigenvalue weighted by Crippen LogP contribution is 2.44. The largest absolute Gasteiger partial charge is 0.494 e. The Bertz CT molecular complexity index is 1740. The van der Waals surface area contributed by atoms with Crippen LogP contribution in [0.4, 0.5) is 5.69 Å². The van der Waals surface area contributed by atoms with Gasteiger partial charge in [0, 0.05) is 42.2 Å². The fourth-order valence-electron chi connectivity index (χ4n) is 5.39. The van der Waals surface area contributed by atoms with Crippen LogP contribution in [0.25, 0.3) is 10.4 Å². The van der Waals surface area contributed by atoms with Crippen LogP contribution in [-0.2, 0) is 22.5 Å². The lowest BCUT2D eigenvalue weighted by atomic mass is 9.81. The number of benzene rings is 4. The summed E-state index contributed by atoms with van der Waals surface area (Å²) in [7, 11) is 0. The van der Waals surface area contributed by atoms with Gasteiger partial charge in [-0.05, 0) is 58.6 Å². The topological polar surface area (TPSA) is 147 Å². The van der Waals surface area contributed by atoms with Gasteiger partial charge in [0.25, 0.3) is 5.91 Å². The number of ether oxygens (including phenoxy) is 4. The van der Waals surface area contributed by atoms with Crippen LogP contribution in [0.3, 0.4) is 0 Å². The van der Waals surface area contributed by atoms with Gasteiger partial charge >= 0.3 is 0 Å². The van der Waals surface area contributed by atoms with Gasteiger partial charge in [-0.1, -0.05) is 65.8 Å². The number of aliphatic hydroxyl groups is 1. The third-order valence-electron chi connectivity index (χ3n) is 7.63. The fourth-order valence-corrected chi connectivity index (χ4v) is 5.39. The molecule has 2 atom stereocenters. The van der Waals surface area contributed by atoms with E-state index in [4.69, 9.17) is 29.0 Å². The molecule has 11 heteroatoms. The van der Waals surface area contributed by atoms with Gasteiger partial charge in [-0.3, -0.25) is 4.79 Å². The van der Waals surface area contributed by atoms with Gasteiger partial charge in [0.1, 0.15) is 5.75 Å². The molecule has 0 saturated carbocycles. The van der Waals surface area contributed by atoms with Gasteiger partial charge in [-0.15, -0.1) is 0 Å². The number of fused-ring (bicyclic) bond motifs is 1. The normalized spacial score (nSPS) is 18.0. The van der Waals surface area contributed by atoms with Crippen LogP contribution in [0.15, 0.2) is 107 Å². The summed E-state index contributed by atoms with van der Waals surface area (Å²) in [4.78, 5) is 22.6. The Labute approximate surface area is 259 Å². The summed E-state index contributed by atoms with van der Waals surface area (Å²) >= 11 is 0. The standard InChI is InChI=1S/C34H31N5O6/c35-39-38-28-10-5-4-9-26(28)20-34(33(41)36-21-23-11-16-29-30(19-23)44-22-43-29)31(24-7-2-1-3-8-24)45-32(37-34)25-12-14-27(15-13-25)42-18-6-17-40/h1-5,7-16,19,31,40H,6,17-18,20-22H2,(H,36,41)/t31-,34-/m1/s1. The zero-order chi connectivity index (χ0) is 31.1. The summed E-state index contributed by atoms with van der Waals surface area (Å²) < 4.78 is 23.2. The van der Waals surface area contributed by atoms with Crippen LogP contribution in [0.1, 0.15) is 34.8 Å². The number of rotatable bonds is 12. The predicted octanol–water partition coefficient (Wildman–Crippen LogP) is 5.93. The Kier molecular flexibility index (Phi) is 8.81. The highest BCUT2D eigenvalue weighted by atomic mass is 16.7. The van der Waals surface area contributed by atoms with E-state index in [-0.39, 0.29) is 32.3 Å². The summed E-state index contributed by atoms with van der Waals surface area (Å²) in [5.41, 5.74) is 11.1. The molecular weight excluding hydrogens is 574 g/mol. The second kappa shape index (κ2) is 13.4. The molecule has 4 aromatic carbocycles. The summed E-state index contributed by atoms with van der Waals surface area (Å²) in [6.07, 6.45) is -0.178. The highest BCUT2D eigenvalue weighted by molar-refractivity contribution is 6.01. The second-order valence-electron chi connectivity index (χ2n) is 10.6. The van der Waals surface area contributed by atoms with Gasteiger partial charge in [-0.25, -0.2) is 4.99 Å². The predicted molar refractivity (Wildman–Crippen MR) is 167 cm³/mol. The number of carbonyl (C=O) groups excluding carboxylic acids is 1. The number of carbonyl (C=O) groups is 1. The Morgan fingerprint density at radius 3 is 2.60 bits per heavy atom. The molecule has 45 heavy (non-hydrogen) atoms. The molecule has 11 nitrogen and oxygen atoms in total. The van der Waals surface area contributed by atoms with Gasteiger partial charge in [0.15, 0.2) is 23.1 Å². The van der Waals surface area contributed by atoms with E-state index in [1.165, 1.54) is 0 Å². The molecule has 2 N–H and O–H groups in total. The van der Waals surface area contributed by atoms with Crippen molar-refractivity contribution in [2.75, 3.05) is 20.0 Å². The zero-order valence-corrected chi connectivity index (χ0v) is 24.3. The molecule has 228 valence electrons. The molecule has 2 heterocycles. The van der Waals surface area contributed by atoms with Crippen molar-refractivity contribution in [2.24, 2.45) is 10.1 Å². The number of amides is 1. The fraction of sp³-hybridized carbons (Fsp3) is 0.235. The van der Waals surface area contributed by atoms with Crippen LogP contribution >= 0.6 is 0 Å². The SMILES string of the molecule is [N-]=[N+]=Nc1ccccc1C[C@@]1(C(=O)NCc2ccc3c(c2)OCO3)N=C(c2ccc(OCCCO)cc2)O[C@@H]1c1ccccc1. The van der Waals surface area contributed by atoms with Crippen molar-refractivity contribution in [3.8, 4) is 17.2 Å². The molecule has 1 amide bonds. The number of nitrogens with zero attached hydrogens (tertiary/aromatic N) is 4. The first kappa shape index (κ1) is 29.6. The van der Waals surface area contributed by atoms with Crippen LogP contribution in [0.2, 0.25) is 0 Å². The Morgan fingerprint density at radius 2 is 1.80 bits per heavy atom. The van der Waals surface area contributed by atoms with Crippen molar-refractivity contribution in [1.29, 1.82) is 0 Å². The zero-order valence-electron chi connectivity index (χ0n) is 24.3. The molecule has 0 spiro atoms. The van der Waals surface area contributed by atoms with E-state index in [0.717, 1.165) is 11.1 Å². The lowest BCUT2D eigenvalue weighted by molar-refractivity contribution is -0.129. The first-order valence-corrected chi connectivity index (χ1v) is 14.5. The summed E-state index contributed by atoms with van der Waals surface area (Å²) in [6, 6.07) is 29.4. The summed E-state index contributed by atoms with van der Waals surface area (Å²) in [6.45, 7) is 0.801. The van der Waals surface area contributed by atoms with E-state index in [1.54, 1.807) is 24.3 Å². The van der Waals surface area contributed by atoms with Gasteiger partial charge < -0.3 is 29.4 Å². The molecule has 2 aliphatic rings. The van der Waals surface area contributed by atoms with Crippen molar-refractivity contribution < 1.29 is 28.8 Å². The number of hydrogen-bond donors (Lipinski definition) is 2. The number of nitrogens with one attached hydrogen (secondary N) is 1. The maximum absolute atomic E-state index is 14.5. The quantitative estimate of drug-likeness (QED) is 0.0885. The summed E-state index contributed by atoms with van der Waals surface area (Å²) in [5.74, 6) is 1.86. The van der Waals surface area contributed by atoms with Gasteiger partial charge in [-0.2, -0.15) is 0 Å². The molecule has 0 fully saturated rings. The monoisotopic (exact) mass is 605 g/mol. The molecule has 6 rings (SSSR count). The van der Waals surface area contributed by atoms with E-state index in [2.05, 4.69) is 15.3 Å². The minimum atomic E-state index is -1.47. The Balaban J connectivity index is 1.40. The number of aliphatic hydroxyl groups excluding tert-OH is 1. The minimum absolute atomic E-state index is 0.0468. The van der Waals surface area contributed by atoms with E-state index >= 15 is 0 Å². The van der Waals surface area contributed by atoms with Crippen molar-refractivity contribution in [3.63, 3.8) is 0 Å². The first-order valence-electron chi connectivity index (χ1n) is 14.5. The van der Waals surface area contributed by atoms with Crippen molar-refractivity contribution in [1.82, 2.24) is 5.32 Å². The minimum Gasteiger partial charge on any atom is -0.494 e. The molecule has 4 aromatic rings. The average molecular weight is 606 g/mol. The number of azide groups is 1. The molecule has 0 bridgehead atoms. The Hall–Kier alpha value is -5.51. The first-order chi connectivity index (χ1) is 22.1. The molecule has 0 saturated heterocycles. The molecule has 0 aliphatic carbocycles. The smallest absolute Gasteiger partial charge is 0.252 e. The van der Waals surface area contributed by atoms with E-state index in [1.807, 2.05) is 72.8 Å². The van der Waals surface area contributed by atoms with E-state index < -0.39 is 11.6 Å². The Morgan fingerprint density at radius 1 is 1.02 bits per heavy atom. The van der Waals surface area contributed by atoms with E-state index in [0.29, 0.717) is 53.0 Å². The number of hydrogen-bond acceptors (Lipinski definition) is 8. The third-order valence-corrected chi connectivity index (χ3v) is 7.63. The molecule has 0 unspecified atom stereocenters. The van der Waals surface area contributed by atoms with Gasteiger partial charge in [0.2, 0.25) is 12.7 Å². The molecule has 2 aliphatic heterocycles. The average Bonchev–Trinajstić information content (AvgIpc) is 3.71. The van der Waals surface area contributed by atoms with Crippen molar-refractivity contribution >= 4 is 17.5 Å². The van der Waals surface area contributed by atoms with Crippen LogP contribution in [0, 0.1) is 0 Å². The maximum Gasteiger partial charge on any atom is 0.252 e. The van der Waals surface area contributed by atoms with Crippen molar-refractivity contribution in [3.05, 3.63) is 130 Å². The lowest BCUT2D eigenvalue weighted by Gasteiger charge is -2.31. The van der Waals surface area contributed by atoms with Crippen LogP contribution in [0.5, 0.6) is 17.2 Å². The molecular formula is C34H31N5O6. The van der Waals surface area contributed by atoms with E-state index in [9.17, 15) is 10.3 Å². The second-order valence-corrected chi connectivity index (χ2v) is 10.6. The van der Waals surface area contributed by atoms with Crippen LogP contribution in [-0.4, -0.2) is 42.5 Å². The third kappa shape index (κ3) is 6.40. The summed E-state index contributed by atoms with van der Waals surface area (Å²) in [5, 5.41) is 16.0. The maximum atomic E-state index is 14.5.